The highest BCUT2D eigenvalue weighted by molar-refractivity contribution is 9.10. The Labute approximate surface area is 105 Å². The van der Waals surface area contributed by atoms with Gasteiger partial charge < -0.3 is 5.32 Å². The summed E-state index contributed by atoms with van der Waals surface area (Å²) in [7, 11) is 2.04. The highest BCUT2D eigenvalue weighted by Crippen LogP contribution is 2.31. The van der Waals surface area contributed by atoms with Gasteiger partial charge in [-0.05, 0) is 47.3 Å². The molecule has 0 aliphatic carbocycles. The van der Waals surface area contributed by atoms with Gasteiger partial charge in [-0.15, -0.1) is 11.3 Å². The molecule has 0 saturated heterocycles. The second-order valence-corrected chi connectivity index (χ2v) is 6.41. The van der Waals surface area contributed by atoms with Crippen LogP contribution in [0.1, 0.15) is 31.6 Å². The zero-order valence-electron chi connectivity index (χ0n) is 9.77. The Kier molecular flexibility index (Phi) is 5.30. The van der Waals surface area contributed by atoms with Gasteiger partial charge in [-0.3, -0.25) is 0 Å². The van der Waals surface area contributed by atoms with Crippen LogP contribution in [0.25, 0.3) is 0 Å². The average Bonchev–Trinajstić information content (AvgIpc) is 2.51. The fourth-order valence-electron chi connectivity index (χ4n) is 2.14. The summed E-state index contributed by atoms with van der Waals surface area (Å²) in [6.07, 6.45) is 3.71. The number of hydrogen-bond donors (Lipinski definition) is 1. The highest BCUT2D eigenvalue weighted by Gasteiger charge is 2.23. The third-order valence-corrected chi connectivity index (χ3v) is 4.38. The summed E-state index contributed by atoms with van der Waals surface area (Å²) in [5.41, 5.74) is 0.397. The van der Waals surface area contributed by atoms with E-state index in [0.717, 1.165) is 6.54 Å². The van der Waals surface area contributed by atoms with Crippen LogP contribution in [-0.2, 0) is 6.42 Å². The van der Waals surface area contributed by atoms with Gasteiger partial charge in [0.2, 0.25) is 0 Å². The van der Waals surface area contributed by atoms with E-state index in [9.17, 15) is 0 Å². The van der Waals surface area contributed by atoms with E-state index in [-0.39, 0.29) is 0 Å². The summed E-state index contributed by atoms with van der Waals surface area (Å²) >= 11 is 5.37. The van der Waals surface area contributed by atoms with Gasteiger partial charge in [-0.1, -0.05) is 20.3 Å². The van der Waals surface area contributed by atoms with Crippen molar-refractivity contribution in [1.29, 1.82) is 0 Å². The van der Waals surface area contributed by atoms with Crippen LogP contribution >= 0.6 is 27.3 Å². The van der Waals surface area contributed by atoms with Crippen molar-refractivity contribution in [3.8, 4) is 0 Å². The lowest BCUT2D eigenvalue weighted by atomic mass is 9.82. The van der Waals surface area contributed by atoms with Crippen LogP contribution in [0.15, 0.2) is 15.9 Å². The van der Waals surface area contributed by atoms with Gasteiger partial charge in [-0.25, -0.2) is 0 Å². The predicted molar refractivity (Wildman–Crippen MR) is 72.7 cm³/mol. The summed E-state index contributed by atoms with van der Waals surface area (Å²) in [5, 5.41) is 5.48. The van der Waals surface area contributed by atoms with Crippen LogP contribution in [-0.4, -0.2) is 13.6 Å². The minimum Gasteiger partial charge on any atom is -0.319 e. The lowest BCUT2D eigenvalue weighted by Gasteiger charge is -2.28. The van der Waals surface area contributed by atoms with E-state index in [2.05, 4.69) is 46.5 Å². The molecule has 15 heavy (non-hydrogen) atoms. The van der Waals surface area contributed by atoms with Crippen molar-refractivity contribution < 1.29 is 0 Å². The van der Waals surface area contributed by atoms with Crippen molar-refractivity contribution in [2.75, 3.05) is 13.6 Å². The molecule has 1 nitrogen and oxygen atoms in total. The Morgan fingerprint density at radius 3 is 2.73 bits per heavy atom. The lowest BCUT2D eigenvalue weighted by molar-refractivity contribution is 0.285. The minimum atomic E-state index is 0.397. The fourth-order valence-corrected chi connectivity index (χ4v) is 3.80. The van der Waals surface area contributed by atoms with E-state index in [1.165, 1.54) is 28.6 Å². The van der Waals surface area contributed by atoms with E-state index in [1.54, 1.807) is 0 Å². The monoisotopic (exact) mass is 289 g/mol. The van der Waals surface area contributed by atoms with E-state index in [0.29, 0.717) is 5.41 Å². The molecule has 1 unspecified atom stereocenters. The molecule has 1 aromatic rings. The first-order valence-electron chi connectivity index (χ1n) is 5.47. The smallest absolute Gasteiger partial charge is 0.0285 e. The minimum absolute atomic E-state index is 0.397. The van der Waals surface area contributed by atoms with Crippen LogP contribution in [0.5, 0.6) is 0 Å². The Balaban J connectivity index is 2.65. The van der Waals surface area contributed by atoms with Gasteiger partial charge in [0.05, 0.1) is 0 Å². The second kappa shape index (κ2) is 6.02. The van der Waals surface area contributed by atoms with Crippen molar-refractivity contribution in [1.82, 2.24) is 5.32 Å². The lowest BCUT2D eigenvalue weighted by Crippen LogP contribution is -2.31. The molecule has 0 saturated carbocycles. The molecule has 1 N–H and O–H groups in total. The van der Waals surface area contributed by atoms with Crippen molar-refractivity contribution in [2.45, 2.75) is 33.1 Å². The van der Waals surface area contributed by atoms with Gasteiger partial charge >= 0.3 is 0 Å². The third kappa shape index (κ3) is 4.25. The van der Waals surface area contributed by atoms with Crippen molar-refractivity contribution in [3.05, 3.63) is 20.8 Å². The molecule has 1 heterocycles. The highest BCUT2D eigenvalue weighted by atomic mass is 79.9. The van der Waals surface area contributed by atoms with Gasteiger partial charge in [-0.2, -0.15) is 0 Å². The van der Waals surface area contributed by atoms with Crippen molar-refractivity contribution >= 4 is 27.3 Å². The van der Waals surface area contributed by atoms with Gasteiger partial charge in [0, 0.05) is 21.3 Å². The van der Waals surface area contributed by atoms with Gasteiger partial charge in [0.15, 0.2) is 0 Å². The Morgan fingerprint density at radius 2 is 2.27 bits per heavy atom. The van der Waals surface area contributed by atoms with E-state index in [4.69, 9.17) is 0 Å². The summed E-state index contributed by atoms with van der Waals surface area (Å²) in [6, 6.07) is 2.24. The summed E-state index contributed by atoms with van der Waals surface area (Å²) in [5.74, 6) is 0. The Bertz CT molecular complexity index is 290. The number of rotatable bonds is 6. The summed E-state index contributed by atoms with van der Waals surface area (Å²) in [4.78, 5) is 1.48. The molecule has 0 radical (unpaired) electrons. The van der Waals surface area contributed by atoms with Crippen molar-refractivity contribution in [2.24, 2.45) is 5.41 Å². The fraction of sp³-hybridized carbons (Fsp3) is 0.667. The molecular formula is C12H20BrNS. The Hall–Kier alpha value is 0.140. The second-order valence-electron chi connectivity index (χ2n) is 4.50. The Morgan fingerprint density at radius 1 is 1.53 bits per heavy atom. The largest absolute Gasteiger partial charge is 0.319 e. The van der Waals surface area contributed by atoms with Crippen LogP contribution in [0.4, 0.5) is 0 Å². The summed E-state index contributed by atoms with van der Waals surface area (Å²) in [6.45, 7) is 5.73. The van der Waals surface area contributed by atoms with Crippen LogP contribution in [0.2, 0.25) is 0 Å². The third-order valence-electron chi connectivity index (χ3n) is 2.68. The van der Waals surface area contributed by atoms with Gasteiger partial charge in [0.25, 0.3) is 0 Å². The topological polar surface area (TPSA) is 12.0 Å². The number of nitrogens with one attached hydrogen (secondary N) is 1. The first kappa shape index (κ1) is 13.2. The molecule has 0 bridgehead atoms. The maximum atomic E-state index is 3.51. The first-order chi connectivity index (χ1) is 7.09. The molecule has 0 aliphatic rings. The van der Waals surface area contributed by atoms with Crippen LogP contribution in [0, 0.1) is 5.41 Å². The van der Waals surface area contributed by atoms with Crippen molar-refractivity contribution in [3.63, 3.8) is 0 Å². The molecule has 0 amide bonds. The van der Waals surface area contributed by atoms with E-state index < -0.39 is 0 Å². The number of thiophene rings is 1. The molecule has 1 atom stereocenters. The normalized spacial score (nSPS) is 15.2. The summed E-state index contributed by atoms with van der Waals surface area (Å²) < 4.78 is 1.21. The van der Waals surface area contributed by atoms with E-state index in [1.807, 2.05) is 18.4 Å². The molecule has 0 aromatic carbocycles. The number of hydrogen-bond acceptors (Lipinski definition) is 2. The SMILES string of the molecule is CCCC(C)(CNC)Cc1cc(Br)cs1. The molecule has 3 heteroatoms. The zero-order chi connectivity index (χ0) is 11.3. The molecule has 1 rings (SSSR count). The number of halogens is 1. The zero-order valence-corrected chi connectivity index (χ0v) is 12.2. The van der Waals surface area contributed by atoms with Crippen LogP contribution < -0.4 is 5.32 Å². The first-order valence-corrected chi connectivity index (χ1v) is 7.14. The maximum absolute atomic E-state index is 3.51. The van der Waals surface area contributed by atoms with Gasteiger partial charge in [0.1, 0.15) is 0 Å². The molecule has 0 spiro atoms. The molecule has 86 valence electrons. The quantitative estimate of drug-likeness (QED) is 0.832. The average molecular weight is 290 g/mol. The standard InChI is InChI=1S/C12H20BrNS/c1-4-5-12(2,9-14-3)7-11-6-10(13)8-15-11/h6,8,14H,4-5,7,9H2,1-3H3. The van der Waals surface area contributed by atoms with E-state index >= 15 is 0 Å². The molecular weight excluding hydrogens is 270 g/mol. The van der Waals surface area contributed by atoms with Crippen LogP contribution in [0.3, 0.4) is 0 Å². The molecule has 1 aromatic heterocycles. The predicted octanol–water partition coefficient (Wildman–Crippen LogP) is 4.08. The molecule has 0 aliphatic heterocycles. The molecule has 0 fully saturated rings. The maximum Gasteiger partial charge on any atom is 0.0285 e.